The van der Waals surface area contributed by atoms with Crippen molar-refractivity contribution in [3.05, 3.63) is 17.9 Å². The molecule has 2 heterocycles. The van der Waals surface area contributed by atoms with Crippen molar-refractivity contribution in [2.75, 3.05) is 26.3 Å². The number of rotatable bonds is 4. The van der Waals surface area contributed by atoms with Gasteiger partial charge in [0, 0.05) is 13.1 Å². The minimum absolute atomic E-state index is 0.0625. The van der Waals surface area contributed by atoms with E-state index in [0.717, 1.165) is 6.42 Å². The van der Waals surface area contributed by atoms with Crippen LogP contribution in [0.3, 0.4) is 0 Å². The number of hydrogen-bond donors (Lipinski definition) is 0. The normalized spacial score (nSPS) is 33.3. The monoisotopic (exact) mass is 397 g/mol. The van der Waals surface area contributed by atoms with Gasteiger partial charge in [-0.25, -0.2) is 13.2 Å². The van der Waals surface area contributed by atoms with Gasteiger partial charge in [0.15, 0.2) is 0 Å². The predicted octanol–water partition coefficient (Wildman–Crippen LogP) is 2.53. The summed E-state index contributed by atoms with van der Waals surface area (Å²) in [7, 11) is -3.76. The second-order valence-electron chi connectivity index (χ2n) is 8.53. The molecule has 150 valence electrons. The summed E-state index contributed by atoms with van der Waals surface area (Å²) < 4.78 is 42.8. The van der Waals surface area contributed by atoms with Crippen molar-refractivity contribution in [1.82, 2.24) is 4.31 Å². The molecule has 4 atom stereocenters. The van der Waals surface area contributed by atoms with Gasteiger partial charge in [-0.2, -0.15) is 4.31 Å². The van der Waals surface area contributed by atoms with Crippen LogP contribution in [-0.2, 0) is 19.5 Å². The fourth-order valence-corrected chi connectivity index (χ4v) is 6.26. The lowest BCUT2D eigenvalue weighted by molar-refractivity contribution is -0.157. The Hall–Kier alpha value is -1.38. The lowest BCUT2D eigenvalue weighted by Gasteiger charge is -2.61. The molecule has 2 bridgehead atoms. The van der Waals surface area contributed by atoms with Crippen molar-refractivity contribution < 1.29 is 27.1 Å². The molecule has 0 spiro atoms. The van der Waals surface area contributed by atoms with Crippen LogP contribution in [0.25, 0.3) is 0 Å². The summed E-state index contributed by atoms with van der Waals surface area (Å²) >= 11 is 0. The largest absolute Gasteiger partial charge is 0.456 e. The minimum atomic E-state index is -3.76. The molecule has 1 aliphatic heterocycles. The number of carbonyl (C=O) groups excluding carboxylic acids is 1. The highest BCUT2D eigenvalue weighted by Crippen LogP contribution is 2.61. The van der Waals surface area contributed by atoms with Crippen LogP contribution in [0.5, 0.6) is 0 Å². The SMILES string of the molecule is C[C@@H]1[C@@H](OC(=O)c2ccc(S(=O)(=O)N3CCOCC3)o2)C[C@@H]2C[C@@H]1C2(C)C. The van der Waals surface area contributed by atoms with Crippen molar-refractivity contribution in [1.29, 1.82) is 0 Å². The smallest absolute Gasteiger partial charge is 0.374 e. The molecule has 8 heteroatoms. The van der Waals surface area contributed by atoms with Crippen LogP contribution in [0.4, 0.5) is 0 Å². The van der Waals surface area contributed by atoms with Crippen LogP contribution in [0.2, 0.25) is 0 Å². The molecule has 1 aromatic heterocycles. The van der Waals surface area contributed by atoms with E-state index in [2.05, 4.69) is 20.8 Å². The first-order valence-corrected chi connectivity index (χ1v) is 11.0. The highest BCUT2D eigenvalue weighted by molar-refractivity contribution is 7.89. The zero-order valence-electron chi connectivity index (χ0n) is 16.0. The first-order valence-electron chi connectivity index (χ1n) is 9.60. The number of carbonyl (C=O) groups is 1. The topological polar surface area (TPSA) is 86.1 Å². The van der Waals surface area contributed by atoms with Crippen LogP contribution < -0.4 is 0 Å². The highest BCUT2D eigenvalue weighted by atomic mass is 32.2. The summed E-state index contributed by atoms with van der Waals surface area (Å²) in [5.41, 5.74) is 0.312. The molecule has 7 nitrogen and oxygen atoms in total. The van der Waals surface area contributed by atoms with Crippen LogP contribution in [-0.4, -0.2) is 51.1 Å². The van der Waals surface area contributed by atoms with E-state index in [1.54, 1.807) is 0 Å². The lowest BCUT2D eigenvalue weighted by atomic mass is 9.45. The Morgan fingerprint density at radius 3 is 2.56 bits per heavy atom. The van der Waals surface area contributed by atoms with E-state index >= 15 is 0 Å². The molecule has 0 aromatic carbocycles. The van der Waals surface area contributed by atoms with Crippen molar-refractivity contribution in [2.45, 2.75) is 44.8 Å². The first kappa shape index (κ1) is 19.0. The molecule has 3 saturated carbocycles. The van der Waals surface area contributed by atoms with Gasteiger partial charge in [-0.3, -0.25) is 0 Å². The maximum absolute atomic E-state index is 12.6. The molecule has 0 radical (unpaired) electrons. The van der Waals surface area contributed by atoms with Crippen molar-refractivity contribution in [3.63, 3.8) is 0 Å². The van der Waals surface area contributed by atoms with E-state index < -0.39 is 16.0 Å². The molecule has 1 saturated heterocycles. The summed E-state index contributed by atoms with van der Waals surface area (Å²) in [5.74, 6) is 0.774. The van der Waals surface area contributed by atoms with Crippen LogP contribution in [0.1, 0.15) is 44.2 Å². The van der Waals surface area contributed by atoms with Crippen LogP contribution in [0, 0.1) is 23.2 Å². The fourth-order valence-electron chi connectivity index (χ4n) is 4.94. The summed E-state index contributed by atoms with van der Waals surface area (Å²) in [5, 5.41) is -0.225. The van der Waals surface area contributed by atoms with Crippen LogP contribution >= 0.6 is 0 Å². The Morgan fingerprint density at radius 1 is 1.22 bits per heavy atom. The van der Waals surface area contributed by atoms with E-state index in [-0.39, 0.29) is 30.0 Å². The summed E-state index contributed by atoms with van der Waals surface area (Å²) in [6, 6.07) is 2.71. The van der Waals surface area contributed by atoms with Gasteiger partial charge in [0.05, 0.1) is 13.2 Å². The molecule has 1 aromatic rings. The number of morpholine rings is 1. The highest BCUT2D eigenvalue weighted by Gasteiger charge is 2.57. The van der Waals surface area contributed by atoms with E-state index in [1.807, 2.05) is 0 Å². The fraction of sp³-hybridized carbons (Fsp3) is 0.737. The number of furan rings is 1. The molecule has 0 N–H and O–H groups in total. The number of nitrogens with zero attached hydrogens (tertiary/aromatic N) is 1. The zero-order valence-corrected chi connectivity index (χ0v) is 16.8. The molecule has 4 fully saturated rings. The van der Waals surface area contributed by atoms with Gasteiger partial charge < -0.3 is 13.9 Å². The minimum Gasteiger partial charge on any atom is -0.456 e. The standard InChI is InChI=1S/C19H27NO6S/c1-12-14-10-13(19(14,2)3)11-16(12)26-18(21)15-4-5-17(25-15)27(22,23)20-6-8-24-9-7-20/h4-5,12-14,16H,6-11H2,1-3H3/t12-,13-,14-,16-/m0/s1. The van der Waals surface area contributed by atoms with E-state index in [1.165, 1.54) is 22.9 Å². The molecular formula is C19H27NO6S. The maximum atomic E-state index is 12.6. The number of sulfonamides is 1. The Kier molecular flexibility index (Phi) is 4.63. The Balaban J connectivity index is 1.44. The van der Waals surface area contributed by atoms with Crippen molar-refractivity contribution >= 4 is 16.0 Å². The van der Waals surface area contributed by atoms with Crippen LogP contribution in [0.15, 0.2) is 21.6 Å². The number of esters is 1. The third-order valence-corrected chi connectivity index (χ3v) is 8.66. The van der Waals surface area contributed by atoms with Crippen molar-refractivity contribution in [3.8, 4) is 0 Å². The predicted molar refractivity (Wildman–Crippen MR) is 96.6 cm³/mol. The molecule has 0 amide bonds. The Labute approximate surface area is 160 Å². The quantitative estimate of drug-likeness (QED) is 0.726. The average Bonchev–Trinajstić information content (AvgIpc) is 3.14. The summed E-state index contributed by atoms with van der Waals surface area (Å²) in [4.78, 5) is 12.5. The molecule has 0 unspecified atom stereocenters. The molecule has 27 heavy (non-hydrogen) atoms. The van der Waals surface area contributed by atoms with Gasteiger partial charge in [0.1, 0.15) is 6.10 Å². The first-order chi connectivity index (χ1) is 12.7. The van der Waals surface area contributed by atoms with E-state index in [9.17, 15) is 13.2 Å². The van der Waals surface area contributed by atoms with Gasteiger partial charge in [-0.05, 0) is 48.1 Å². The second kappa shape index (κ2) is 6.60. The molecule has 3 aliphatic carbocycles. The van der Waals surface area contributed by atoms with E-state index in [4.69, 9.17) is 13.9 Å². The number of fused-ring (bicyclic) bond motifs is 2. The third-order valence-electron chi connectivity index (χ3n) is 6.89. The molecule has 4 aliphatic rings. The van der Waals surface area contributed by atoms with E-state index in [0.29, 0.717) is 36.4 Å². The second-order valence-corrected chi connectivity index (χ2v) is 10.4. The van der Waals surface area contributed by atoms with Gasteiger partial charge in [0.25, 0.3) is 10.0 Å². The summed E-state index contributed by atoms with van der Waals surface area (Å²) in [6.07, 6.45) is 1.92. The molecule has 5 rings (SSSR count). The van der Waals surface area contributed by atoms with Gasteiger partial charge in [0.2, 0.25) is 10.9 Å². The molecular weight excluding hydrogens is 370 g/mol. The summed E-state index contributed by atoms with van der Waals surface area (Å²) in [6.45, 7) is 7.98. The Bertz CT molecular complexity index is 823. The number of hydrogen-bond acceptors (Lipinski definition) is 6. The lowest BCUT2D eigenvalue weighted by Crippen LogP contribution is -2.57. The third kappa shape index (κ3) is 3.11. The van der Waals surface area contributed by atoms with Gasteiger partial charge in [-0.15, -0.1) is 0 Å². The Morgan fingerprint density at radius 2 is 1.93 bits per heavy atom. The van der Waals surface area contributed by atoms with Gasteiger partial charge >= 0.3 is 5.97 Å². The van der Waals surface area contributed by atoms with Crippen molar-refractivity contribution in [2.24, 2.45) is 23.2 Å². The average molecular weight is 397 g/mol. The maximum Gasteiger partial charge on any atom is 0.374 e. The zero-order chi connectivity index (χ0) is 19.4. The number of ether oxygens (including phenoxy) is 2. The van der Waals surface area contributed by atoms with Gasteiger partial charge in [-0.1, -0.05) is 20.8 Å².